The quantitative estimate of drug-likeness (QED) is 0.755. The zero-order valence-corrected chi connectivity index (χ0v) is 15.6. The summed E-state index contributed by atoms with van der Waals surface area (Å²) in [6.45, 7) is 0.674. The smallest absolute Gasteiger partial charge is 0.319 e. The molecule has 1 aromatic carbocycles. The molecule has 1 aliphatic heterocycles. The maximum Gasteiger partial charge on any atom is 0.319 e. The zero-order chi connectivity index (χ0) is 19.5. The van der Waals surface area contributed by atoms with Crippen molar-refractivity contribution in [3.05, 3.63) is 47.8 Å². The number of piperidine rings is 1. The molecule has 8 heteroatoms. The summed E-state index contributed by atoms with van der Waals surface area (Å²) in [5.74, 6) is 0.161. The summed E-state index contributed by atoms with van der Waals surface area (Å²) >= 11 is 0. The molecule has 8 nitrogen and oxygen atoms in total. The number of amides is 3. The lowest BCUT2D eigenvalue weighted by atomic mass is 9.96. The molecule has 1 unspecified atom stereocenters. The number of likely N-dealkylation sites (tertiary alicyclic amines) is 1. The molecule has 2 fully saturated rings. The Bertz CT molecular complexity index is 865. The number of aromatic nitrogens is 2. The maximum absolute atomic E-state index is 13.2. The SMILES string of the molecule is Nc1ncc(C2CCCCN2C(=O)c2cccc(NC(=O)NC3CC3)c2)cn1. The molecular weight excluding hydrogens is 356 g/mol. The maximum atomic E-state index is 13.2. The second-order valence-electron chi connectivity index (χ2n) is 7.34. The van der Waals surface area contributed by atoms with Crippen molar-refractivity contribution in [1.29, 1.82) is 0 Å². The fraction of sp³-hybridized carbons (Fsp3) is 0.400. The van der Waals surface area contributed by atoms with Gasteiger partial charge in [0.05, 0.1) is 6.04 Å². The summed E-state index contributed by atoms with van der Waals surface area (Å²) in [5.41, 5.74) is 7.63. The Hall–Kier alpha value is -3.16. The Balaban J connectivity index is 1.50. The Labute approximate surface area is 163 Å². The van der Waals surface area contributed by atoms with Crippen LogP contribution in [0.15, 0.2) is 36.7 Å². The summed E-state index contributed by atoms with van der Waals surface area (Å²) < 4.78 is 0. The number of anilines is 2. The average Bonchev–Trinajstić information content (AvgIpc) is 3.52. The van der Waals surface area contributed by atoms with E-state index < -0.39 is 0 Å². The first-order valence-electron chi connectivity index (χ1n) is 9.66. The van der Waals surface area contributed by atoms with Crippen molar-refractivity contribution in [2.45, 2.75) is 44.2 Å². The number of carbonyl (C=O) groups is 2. The van der Waals surface area contributed by atoms with Gasteiger partial charge >= 0.3 is 6.03 Å². The van der Waals surface area contributed by atoms with Gasteiger partial charge in [-0.1, -0.05) is 6.07 Å². The highest BCUT2D eigenvalue weighted by atomic mass is 16.2. The van der Waals surface area contributed by atoms with Crippen LogP contribution in [0.3, 0.4) is 0 Å². The predicted molar refractivity (Wildman–Crippen MR) is 106 cm³/mol. The lowest BCUT2D eigenvalue weighted by molar-refractivity contribution is 0.0611. The minimum absolute atomic E-state index is 0.0622. The number of nitrogens with zero attached hydrogens (tertiary/aromatic N) is 3. The van der Waals surface area contributed by atoms with Gasteiger partial charge in [-0.3, -0.25) is 4.79 Å². The molecule has 0 bridgehead atoms. The molecule has 2 aromatic rings. The summed E-state index contributed by atoms with van der Waals surface area (Å²) in [6.07, 6.45) is 8.30. The van der Waals surface area contributed by atoms with Gasteiger partial charge in [0, 0.05) is 41.8 Å². The normalized spacial score (nSPS) is 19.1. The Morgan fingerprint density at radius 1 is 1.11 bits per heavy atom. The highest BCUT2D eigenvalue weighted by Gasteiger charge is 2.29. The minimum atomic E-state index is -0.234. The summed E-state index contributed by atoms with van der Waals surface area (Å²) in [7, 11) is 0. The van der Waals surface area contributed by atoms with E-state index in [-0.39, 0.29) is 30.0 Å². The van der Waals surface area contributed by atoms with Crippen LogP contribution in [0.4, 0.5) is 16.4 Å². The van der Waals surface area contributed by atoms with Crippen LogP contribution in [0.1, 0.15) is 54.1 Å². The third-order valence-corrected chi connectivity index (χ3v) is 5.12. The molecule has 2 aliphatic rings. The zero-order valence-electron chi connectivity index (χ0n) is 15.6. The first-order chi connectivity index (χ1) is 13.6. The van der Waals surface area contributed by atoms with E-state index in [1.807, 2.05) is 4.90 Å². The van der Waals surface area contributed by atoms with Crippen molar-refractivity contribution < 1.29 is 9.59 Å². The fourth-order valence-electron chi connectivity index (χ4n) is 3.52. The molecule has 1 aromatic heterocycles. The van der Waals surface area contributed by atoms with Crippen LogP contribution in [0.2, 0.25) is 0 Å². The van der Waals surface area contributed by atoms with Gasteiger partial charge in [0.2, 0.25) is 5.95 Å². The number of carbonyl (C=O) groups excluding carboxylic acids is 2. The summed E-state index contributed by atoms with van der Waals surface area (Å²) in [6, 6.07) is 7.03. The van der Waals surface area contributed by atoms with Crippen LogP contribution < -0.4 is 16.4 Å². The van der Waals surface area contributed by atoms with Gasteiger partial charge in [0.15, 0.2) is 0 Å². The number of benzene rings is 1. The standard InChI is InChI=1S/C20H24N6O2/c21-19-22-11-14(12-23-19)17-6-1-2-9-26(17)18(27)13-4-3-5-16(10-13)25-20(28)24-15-7-8-15/h3-5,10-12,15,17H,1-2,6-9H2,(H2,21,22,23)(H2,24,25,28). The molecule has 28 heavy (non-hydrogen) atoms. The fourth-order valence-corrected chi connectivity index (χ4v) is 3.52. The van der Waals surface area contributed by atoms with Gasteiger partial charge in [-0.05, 0) is 50.3 Å². The molecule has 4 rings (SSSR count). The van der Waals surface area contributed by atoms with Crippen LogP contribution in [-0.4, -0.2) is 39.4 Å². The van der Waals surface area contributed by atoms with Crippen LogP contribution >= 0.6 is 0 Å². The molecule has 4 N–H and O–H groups in total. The first kappa shape index (κ1) is 18.2. The number of nitrogens with one attached hydrogen (secondary N) is 2. The molecule has 146 valence electrons. The van der Waals surface area contributed by atoms with E-state index in [9.17, 15) is 9.59 Å². The van der Waals surface area contributed by atoms with Crippen LogP contribution in [0.5, 0.6) is 0 Å². The van der Waals surface area contributed by atoms with E-state index in [0.717, 1.165) is 37.7 Å². The number of urea groups is 1. The Morgan fingerprint density at radius 3 is 2.64 bits per heavy atom. The molecule has 2 heterocycles. The van der Waals surface area contributed by atoms with E-state index in [0.29, 0.717) is 17.8 Å². The van der Waals surface area contributed by atoms with Crippen molar-refractivity contribution >= 4 is 23.6 Å². The van der Waals surface area contributed by atoms with E-state index in [4.69, 9.17) is 5.73 Å². The van der Waals surface area contributed by atoms with Crippen LogP contribution in [0, 0.1) is 0 Å². The predicted octanol–water partition coefficient (Wildman–Crippen LogP) is 2.71. The van der Waals surface area contributed by atoms with Crippen molar-refractivity contribution in [1.82, 2.24) is 20.2 Å². The largest absolute Gasteiger partial charge is 0.368 e. The van der Waals surface area contributed by atoms with Gasteiger partial charge in [0.1, 0.15) is 0 Å². The number of hydrogen-bond donors (Lipinski definition) is 3. The average molecular weight is 380 g/mol. The molecule has 1 saturated carbocycles. The molecule has 0 radical (unpaired) electrons. The van der Waals surface area contributed by atoms with Gasteiger partial charge in [-0.15, -0.1) is 0 Å². The van der Waals surface area contributed by atoms with E-state index in [1.165, 1.54) is 0 Å². The van der Waals surface area contributed by atoms with Crippen LogP contribution in [0.25, 0.3) is 0 Å². The number of hydrogen-bond acceptors (Lipinski definition) is 5. The summed E-state index contributed by atoms with van der Waals surface area (Å²) in [4.78, 5) is 35.2. The minimum Gasteiger partial charge on any atom is -0.368 e. The molecule has 3 amide bonds. The second-order valence-corrected chi connectivity index (χ2v) is 7.34. The third-order valence-electron chi connectivity index (χ3n) is 5.12. The summed E-state index contributed by atoms with van der Waals surface area (Å²) in [5, 5.41) is 5.68. The number of nitrogens with two attached hydrogens (primary N) is 1. The lowest BCUT2D eigenvalue weighted by Gasteiger charge is -2.36. The van der Waals surface area contributed by atoms with Crippen molar-refractivity contribution in [2.24, 2.45) is 0 Å². The molecule has 1 atom stereocenters. The monoisotopic (exact) mass is 380 g/mol. The lowest BCUT2D eigenvalue weighted by Crippen LogP contribution is -2.38. The molecule has 1 aliphatic carbocycles. The van der Waals surface area contributed by atoms with E-state index >= 15 is 0 Å². The van der Waals surface area contributed by atoms with Crippen LogP contribution in [-0.2, 0) is 0 Å². The van der Waals surface area contributed by atoms with Gasteiger partial charge in [-0.25, -0.2) is 14.8 Å². The highest BCUT2D eigenvalue weighted by molar-refractivity contribution is 5.97. The Morgan fingerprint density at radius 2 is 1.89 bits per heavy atom. The molecule has 1 saturated heterocycles. The van der Waals surface area contributed by atoms with Gasteiger partial charge < -0.3 is 21.3 Å². The van der Waals surface area contributed by atoms with E-state index in [1.54, 1.807) is 36.7 Å². The van der Waals surface area contributed by atoms with Crippen molar-refractivity contribution in [3.8, 4) is 0 Å². The van der Waals surface area contributed by atoms with E-state index in [2.05, 4.69) is 20.6 Å². The van der Waals surface area contributed by atoms with Crippen molar-refractivity contribution in [2.75, 3.05) is 17.6 Å². The Kier molecular flexibility index (Phi) is 5.10. The second kappa shape index (κ2) is 7.84. The first-order valence-corrected chi connectivity index (χ1v) is 9.66. The van der Waals surface area contributed by atoms with Gasteiger partial charge in [0.25, 0.3) is 5.91 Å². The number of rotatable bonds is 4. The van der Waals surface area contributed by atoms with Crippen molar-refractivity contribution in [3.63, 3.8) is 0 Å². The van der Waals surface area contributed by atoms with Gasteiger partial charge in [-0.2, -0.15) is 0 Å². The highest BCUT2D eigenvalue weighted by Crippen LogP contribution is 2.32. The topological polar surface area (TPSA) is 113 Å². The number of nitrogen functional groups attached to an aromatic ring is 1. The molecular formula is C20H24N6O2. The molecule has 0 spiro atoms. The third kappa shape index (κ3) is 4.21.